The van der Waals surface area contributed by atoms with Gasteiger partial charge in [-0.25, -0.2) is 0 Å². The highest BCUT2D eigenvalue weighted by Crippen LogP contribution is 2.05. The van der Waals surface area contributed by atoms with Crippen LogP contribution in [0.2, 0.25) is 0 Å². The zero-order chi connectivity index (χ0) is 9.52. The zero-order valence-electron chi connectivity index (χ0n) is 7.68. The third-order valence-electron chi connectivity index (χ3n) is 2.20. The Balaban J connectivity index is 2.19. The van der Waals surface area contributed by atoms with E-state index >= 15 is 0 Å². The molecule has 1 amide bonds. The Kier molecular flexibility index (Phi) is 4.27. The van der Waals surface area contributed by atoms with E-state index in [4.69, 9.17) is 5.26 Å². The van der Waals surface area contributed by atoms with Gasteiger partial charge in [-0.2, -0.15) is 5.26 Å². The molecule has 1 fully saturated rings. The second-order valence-electron chi connectivity index (χ2n) is 3.24. The molecule has 0 spiro atoms. The molecule has 2 N–H and O–H groups in total. The highest BCUT2D eigenvalue weighted by Gasteiger charge is 2.14. The first kappa shape index (κ1) is 10.0. The number of amides is 1. The minimum Gasteiger partial charge on any atom is -0.356 e. The lowest BCUT2D eigenvalue weighted by atomic mass is 10.1. The Morgan fingerprint density at radius 2 is 2.46 bits per heavy atom. The van der Waals surface area contributed by atoms with E-state index in [2.05, 4.69) is 16.7 Å². The van der Waals surface area contributed by atoms with Gasteiger partial charge in [0.1, 0.15) is 0 Å². The summed E-state index contributed by atoms with van der Waals surface area (Å²) in [6.45, 7) is 1.48. The van der Waals surface area contributed by atoms with Crippen molar-refractivity contribution >= 4 is 5.91 Å². The first-order chi connectivity index (χ1) is 6.33. The van der Waals surface area contributed by atoms with Gasteiger partial charge in [0.25, 0.3) is 0 Å². The normalized spacial score (nSPS) is 23.0. The molecule has 4 nitrogen and oxygen atoms in total. The molecule has 1 aliphatic heterocycles. The third kappa shape index (κ3) is 3.90. The van der Waals surface area contributed by atoms with Gasteiger partial charge in [-0.1, -0.05) is 0 Å². The molecule has 0 radical (unpaired) electrons. The van der Waals surface area contributed by atoms with Crippen LogP contribution in [0.25, 0.3) is 0 Å². The summed E-state index contributed by atoms with van der Waals surface area (Å²) >= 11 is 0. The quantitative estimate of drug-likeness (QED) is 0.609. The van der Waals surface area contributed by atoms with Crippen LogP contribution in [0.1, 0.15) is 25.7 Å². The summed E-state index contributed by atoms with van der Waals surface area (Å²) in [7, 11) is 0. The second-order valence-corrected chi connectivity index (χ2v) is 3.24. The first-order valence-corrected chi connectivity index (χ1v) is 4.70. The molecule has 72 valence electrons. The minimum absolute atomic E-state index is 0.143. The van der Waals surface area contributed by atoms with Crippen LogP contribution in [0.4, 0.5) is 0 Å². The van der Waals surface area contributed by atoms with E-state index in [1.807, 2.05) is 0 Å². The maximum Gasteiger partial charge on any atom is 0.220 e. The number of hydrogen-bond acceptors (Lipinski definition) is 3. The number of nitrogens with one attached hydrogen (secondary N) is 2. The number of nitrogens with zero attached hydrogens (tertiary/aromatic N) is 1. The van der Waals surface area contributed by atoms with Crippen molar-refractivity contribution in [2.24, 2.45) is 0 Å². The summed E-state index contributed by atoms with van der Waals surface area (Å²) in [6.07, 6.45) is 3.00. The van der Waals surface area contributed by atoms with Gasteiger partial charge < -0.3 is 10.6 Å². The molecule has 0 aliphatic carbocycles. The van der Waals surface area contributed by atoms with Gasteiger partial charge in [0, 0.05) is 32.0 Å². The number of nitriles is 1. The van der Waals surface area contributed by atoms with Crippen LogP contribution in [-0.2, 0) is 4.79 Å². The number of hydrogen-bond donors (Lipinski definition) is 2. The predicted molar refractivity (Wildman–Crippen MR) is 48.9 cm³/mol. The molecule has 0 bridgehead atoms. The summed E-state index contributed by atoms with van der Waals surface area (Å²) in [6, 6.07) is 2.48. The van der Waals surface area contributed by atoms with Gasteiger partial charge in [-0.3, -0.25) is 4.79 Å². The van der Waals surface area contributed by atoms with E-state index in [0.717, 1.165) is 25.9 Å². The van der Waals surface area contributed by atoms with E-state index < -0.39 is 0 Å². The molecule has 1 heterocycles. The molecule has 4 heteroatoms. The lowest BCUT2D eigenvalue weighted by Crippen LogP contribution is -2.30. The number of carbonyl (C=O) groups excluding carboxylic acids is 1. The second kappa shape index (κ2) is 5.55. The van der Waals surface area contributed by atoms with E-state index in [0.29, 0.717) is 18.9 Å². The Morgan fingerprint density at radius 1 is 1.62 bits per heavy atom. The van der Waals surface area contributed by atoms with Gasteiger partial charge in [0.2, 0.25) is 5.91 Å². The molecule has 0 saturated carbocycles. The van der Waals surface area contributed by atoms with Crippen molar-refractivity contribution in [2.45, 2.75) is 31.7 Å². The molecule has 1 aliphatic rings. The Morgan fingerprint density at radius 3 is 3.23 bits per heavy atom. The molecule has 0 aromatic rings. The van der Waals surface area contributed by atoms with Crippen molar-refractivity contribution in [3.05, 3.63) is 0 Å². The Hall–Kier alpha value is -1.08. The van der Waals surface area contributed by atoms with Crippen LogP contribution < -0.4 is 10.6 Å². The molecule has 1 saturated heterocycles. The summed E-state index contributed by atoms with van der Waals surface area (Å²) in [4.78, 5) is 11.0. The minimum atomic E-state index is 0.143. The van der Waals surface area contributed by atoms with Crippen molar-refractivity contribution < 1.29 is 4.79 Å². The molecule has 0 aromatic heterocycles. The fraction of sp³-hybridized carbons (Fsp3) is 0.778. The summed E-state index contributed by atoms with van der Waals surface area (Å²) in [5, 5.41) is 14.4. The topological polar surface area (TPSA) is 64.9 Å². The molecule has 0 aromatic carbocycles. The van der Waals surface area contributed by atoms with Gasteiger partial charge in [0.05, 0.1) is 6.07 Å². The molecule has 1 atom stereocenters. The number of rotatable bonds is 3. The lowest BCUT2D eigenvalue weighted by molar-refractivity contribution is -0.120. The SMILES string of the molecule is N#CCCNC1CCNC(=O)CC1. The molecule has 1 rings (SSSR count). The smallest absolute Gasteiger partial charge is 0.220 e. The maximum atomic E-state index is 11.0. The highest BCUT2D eigenvalue weighted by molar-refractivity contribution is 5.76. The average Bonchev–Trinajstić information content (AvgIpc) is 2.32. The van der Waals surface area contributed by atoms with Crippen molar-refractivity contribution in [1.29, 1.82) is 5.26 Å². The van der Waals surface area contributed by atoms with Crippen LogP contribution >= 0.6 is 0 Å². The van der Waals surface area contributed by atoms with Crippen LogP contribution in [0.5, 0.6) is 0 Å². The molecule has 1 unspecified atom stereocenters. The largest absolute Gasteiger partial charge is 0.356 e. The predicted octanol–water partition coefficient (Wildman–Crippen LogP) is 0.158. The van der Waals surface area contributed by atoms with Gasteiger partial charge in [-0.05, 0) is 12.8 Å². The zero-order valence-corrected chi connectivity index (χ0v) is 7.68. The van der Waals surface area contributed by atoms with E-state index in [-0.39, 0.29) is 5.91 Å². The number of carbonyl (C=O) groups is 1. The van der Waals surface area contributed by atoms with Crippen LogP contribution in [0, 0.1) is 11.3 Å². The van der Waals surface area contributed by atoms with E-state index in [9.17, 15) is 4.79 Å². The summed E-state index contributed by atoms with van der Waals surface area (Å²) in [5.41, 5.74) is 0. The van der Waals surface area contributed by atoms with E-state index in [1.165, 1.54) is 0 Å². The monoisotopic (exact) mass is 181 g/mol. The summed E-state index contributed by atoms with van der Waals surface area (Å²) in [5.74, 6) is 0.143. The van der Waals surface area contributed by atoms with Crippen molar-refractivity contribution in [3.8, 4) is 6.07 Å². The Labute approximate surface area is 78.3 Å². The Bertz CT molecular complexity index is 209. The summed E-state index contributed by atoms with van der Waals surface area (Å²) < 4.78 is 0. The van der Waals surface area contributed by atoms with Crippen molar-refractivity contribution in [2.75, 3.05) is 13.1 Å². The van der Waals surface area contributed by atoms with Crippen molar-refractivity contribution in [1.82, 2.24) is 10.6 Å². The van der Waals surface area contributed by atoms with Gasteiger partial charge in [0.15, 0.2) is 0 Å². The first-order valence-electron chi connectivity index (χ1n) is 4.70. The maximum absolute atomic E-state index is 11.0. The van der Waals surface area contributed by atoms with Gasteiger partial charge >= 0.3 is 0 Å². The van der Waals surface area contributed by atoms with Crippen LogP contribution in [0.15, 0.2) is 0 Å². The van der Waals surface area contributed by atoms with E-state index in [1.54, 1.807) is 0 Å². The lowest BCUT2D eigenvalue weighted by Gasteiger charge is -2.13. The molecular weight excluding hydrogens is 166 g/mol. The third-order valence-corrected chi connectivity index (χ3v) is 2.20. The van der Waals surface area contributed by atoms with Gasteiger partial charge in [-0.15, -0.1) is 0 Å². The molecule has 13 heavy (non-hydrogen) atoms. The van der Waals surface area contributed by atoms with Crippen molar-refractivity contribution in [3.63, 3.8) is 0 Å². The fourth-order valence-corrected chi connectivity index (χ4v) is 1.46. The standard InChI is InChI=1S/C9H15N3O/c10-5-1-6-11-8-2-3-9(13)12-7-4-8/h8,11H,1-4,6-7H2,(H,12,13). The average molecular weight is 181 g/mol. The molecular formula is C9H15N3O. The van der Waals surface area contributed by atoms with Crippen LogP contribution in [0.3, 0.4) is 0 Å². The highest BCUT2D eigenvalue weighted by atomic mass is 16.1. The van der Waals surface area contributed by atoms with Crippen LogP contribution in [-0.4, -0.2) is 25.0 Å². The fourth-order valence-electron chi connectivity index (χ4n) is 1.46.